The zero-order chi connectivity index (χ0) is 16.5. The summed E-state index contributed by atoms with van der Waals surface area (Å²) in [6, 6.07) is -0.665. The topological polar surface area (TPSA) is 91.0 Å². The number of likely N-dealkylation sites (N-methyl/N-ethyl adjacent to an activating group) is 1. The Kier molecular flexibility index (Phi) is 4.72. The molecule has 0 radical (unpaired) electrons. The van der Waals surface area contributed by atoms with Crippen molar-refractivity contribution in [3.05, 3.63) is 0 Å². The highest BCUT2D eigenvalue weighted by atomic mass is 16.5. The van der Waals surface area contributed by atoms with Crippen LogP contribution in [0.4, 0.5) is 4.79 Å². The molecule has 8 heteroatoms. The van der Waals surface area contributed by atoms with E-state index in [0.29, 0.717) is 13.2 Å². The number of amides is 4. The van der Waals surface area contributed by atoms with E-state index in [0.717, 1.165) is 11.4 Å². The molecule has 0 unspecified atom stereocenters. The molecule has 0 aromatic rings. The first-order chi connectivity index (χ1) is 10.2. The molecule has 2 N–H and O–H groups in total. The predicted octanol–water partition coefficient (Wildman–Crippen LogP) is -0.848. The Morgan fingerprint density at radius 2 is 2.09 bits per heavy atom. The SMILES string of the molecule is CCO[C@H]1CN(C)C[C@@H]1NC(=O)CN1C(=O)NC(C)(C)C1=O. The number of likely N-dealkylation sites (tertiary alicyclic amines) is 1. The zero-order valence-electron chi connectivity index (χ0n) is 13.5. The van der Waals surface area contributed by atoms with Gasteiger partial charge in [-0.25, -0.2) is 4.79 Å². The highest BCUT2D eigenvalue weighted by molar-refractivity contribution is 6.08. The van der Waals surface area contributed by atoms with E-state index in [-0.39, 0.29) is 24.6 Å². The Morgan fingerprint density at radius 3 is 2.64 bits per heavy atom. The molecule has 2 heterocycles. The molecular weight excluding hydrogens is 288 g/mol. The maximum atomic E-state index is 12.2. The fraction of sp³-hybridized carbons (Fsp3) is 0.786. The summed E-state index contributed by atoms with van der Waals surface area (Å²) in [6.45, 7) is 6.87. The third-order valence-corrected chi connectivity index (χ3v) is 3.92. The van der Waals surface area contributed by atoms with Gasteiger partial charge in [-0.05, 0) is 27.8 Å². The average Bonchev–Trinajstić information content (AvgIpc) is 2.82. The number of rotatable bonds is 5. The fourth-order valence-corrected chi connectivity index (χ4v) is 2.84. The molecule has 2 atom stereocenters. The van der Waals surface area contributed by atoms with Crippen LogP contribution in [-0.4, -0.2) is 78.6 Å². The molecule has 2 aliphatic rings. The quantitative estimate of drug-likeness (QED) is 0.646. The Labute approximate surface area is 130 Å². The zero-order valence-corrected chi connectivity index (χ0v) is 13.5. The molecule has 0 bridgehead atoms. The van der Waals surface area contributed by atoms with Crippen molar-refractivity contribution >= 4 is 17.8 Å². The van der Waals surface area contributed by atoms with E-state index in [9.17, 15) is 14.4 Å². The van der Waals surface area contributed by atoms with Gasteiger partial charge in [0.2, 0.25) is 5.91 Å². The molecule has 4 amide bonds. The average molecular weight is 312 g/mol. The highest BCUT2D eigenvalue weighted by Gasteiger charge is 2.45. The van der Waals surface area contributed by atoms with Gasteiger partial charge in [-0.2, -0.15) is 0 Å². The first-order valence-corrected chi connectivity index (χ1v) is 7.48. The Morgan fingerprint density at radius 1 is 1.41 bits per heavy atom. The van der Waals surface area contributed by atoms with Gasteiger partial charge in [-0.3, -0.25) is 14.5 Å². The molecule has 124 valence electrons. The van der Waals surface area contributed by atoms with Crippen LogP contribution in [0.1, 0.15) is 20.8 Å². The normalized spacial score (nSPS) is 28.1. The molecule has 0 aliphatic carbocycles. The van der Waals surface area contributed by atoms with Crippen LogP contribution >= 0.6 is 0 Å². The van der Waals surface area contributed by atoms with Gasteiger partial charge >= 0.3 is 6.03 Å². The van der Waals surface area contributed by atoms with Crippen molar-refractivity contribution in [1.29, 1.82) is 0 Å². The number of imide groups is 1. The van der Waals surface area contributed by atoms with E-state index in [2.05, 4.69) is 15.5 Å². The largest absolute Gasteiger partial charge is 0.375 e. The molecule has 8 nitrogen and oxygen atoms in total. The van der Waals surface area contributed by atoms with Gasteiger partial charge in [-0.15, -0.1) is 0 Å². The van der Waals surface area contributed by atoms with Crippen molar-refractivity contribution in [3.63, 3.8) is 0 Å². The van der Waals surface area contributed by atoms with E-state index in [1.807, 2.05) is 14.0 Å². The second kappa shape index (κ2) is 6.21. The molecular formula is C14H24N4O4. The monoisotopic (exact) mass is 312 g/mol. The molecule has 0 saturated carbocycles. The van der Waals surface area contributed by atoms with Crippen LogP contribution < -0.4 is 10.6 Å². The molecule has 2 aliphatic heterocycles. The van der Waals surface area contributed by atoms with Crippen molar-refractivity contribution < 1.29 is 19.1 Å². The van der Waals surface area contributed by atoms with Crippen molar-refractivity contribution in [3.8, 4) is 0 Å². The number of nitrogens with zero attached hydrogens (tertiary/aromatic N) is 2. The maximum absolute atomic E-state index is 12.2. The van der Waals surface area contributed by atoms with Gasteiger partial charge in [0.1, 0.15) is 12.1 Å². The molecule has 22 heavy (non-hydrogen) atoms. The maximum Gasteiger partial charge on any atom is 0.325 e. The summed E-state index contributed by atoms with van der Waals surface area (Å²) in [5, 5.41) is 5.41. The summed E-state index contributed by atoms with van der Waals surface area (Å²) in [5.74, 6) is -0.747. The summed E-state index contributed by atoms with van der Waals surface area (Å²) in [4.78, 5) is 39.0. The minimum Gasteiger partial charge on any atom is -0.375 e. The van der Waals surface area contributed by atoms with Crippen molar-refractivity contribution in [2.45, 2.75) is 38.5 Å². The lowest BCUT2D eigenvalue weighted by Crippen LogP contribution is -2.49. The van der Waals surface area contributed by atoms with Gasteiger partial charge in [0.05, 0.1) is 12.1 Å². The molecule has 0 spiro atoms. The van der Waals surface area contributed by atoms with Crippen molar-refractivity contribution in [2.75, 3.05) is 33.3 Å². The van der Waals surface area contributed by atoms with Crippen LogP contribution in [0.3, 0.4) is 0 Å². The first kappa shape index (κ1) is 16.7. The lowest BCUT2D eigenvalue weighted by atomic mass is 10.1. The Balaban J connectivity index is 1.93. The number of carbonyl (C=O) groups is 3. The summed E-state index contributed by atoms with van der Waals surface area (Å²) < 4.78 is 5.62. The number of urea groups is 1. The third-order valence-electron chi connectivity index (χ3n) is 3.92. The van der Waals surface area contributed by atoms with Gasteiger partial charge in [0.15, 0.2) is 0 Å². The molecule has 0 aromatic carbocycles. The van der Waals surface area contributed by atoms with E-state index in [1.165, 1.54) is 0 Å². The second-order valence-corrected chi connectivity index (χ2v) is 6.34. The van der Waals surface area contributed by atoms with Gasteiger partial charge < -0.3 is 20.3 Å². The summed E-state index contributed by atoms with van der Waals surface area (Å²) in [7, 11) is 1.96. The van der Waals surface area contributed by atoms with E-state index >= 15 is 0 Å². The summed E-state index contributed by atoms with van der Waals surface area (Å²) in [6.07, 6.45) is -0.0708. The third kappa shape index (κ3) is 3.38. The standard InChI is InChI=1S/C14H24N4O4/c1-5-22-10-7-17(4)6-9(10)15-11(19)8-18-12(20)14(2,3)16-13(18)21/h9-10H,5-8H2,1-4H3,(H,15,19)(H,16,21)/t9-,10-/m0/s1. The first-order valence-electron chi connectivity index (χ1n) is 7.48. The molecule has 2 fully saturated rings. The van der Waals surface area contributed by atoms with Crippen LogP contribution in [-0.2, 0) is 14.3 Å². The minimum atomic E-state index is -0.960. The molecule has 2 saturated heterocycles. The summed E-state index contributed by atoms with van der Waals surface area (Å²) >= 11 is 0. The van der Waals surface area contributed by atoms with E-state index in [4.69, 9.17) is 4.74 Å². The lowest BCUT2D eigenvalue weighted by molar-refractivity contribution is -0.134. The van der Waals surface area contributed by atoms with Gasteiger partial charge in [-0.1, -0.05) is 0 Å². The van der Waals surface area contributed by atoms with Crippen molar-refractivity contribution in [2.24, 2.45) is 0 Å². The van der Waals surface area contributed by atoms with Crippen LogP contribution in [0.5, 0.6) is 0 Å². The predicted molar refractivity (Wildman–Crippen MR) is 79.2 cm³/mol. The molecule has 0 aromatic heterocycles. The number of nitrogens with one attached hydrogen (secondary N) is 2. The van der Waals surface area contributed by atoms with Gasteiger partial charge in [0.25, 0.3) is 5.91 Å². The van der Waals surface area contributed by atoms with Crippen LogP contribution in [0.15, 0.2) is 0 Å². The van der Waals surface area contributed by atoms with Crippen molar-refractivity contribution in [1.82, 2.24) is 20.4 Å². The lowest BCUT2D eigenvalue weighted by Gasteiger charge is -2.21. The van der Waals surface area contributed by atoms with E-state index in [1.54, 1.807) is 13.8 Å². The van der Waals surface area contributed by atoms with Crippen LogP contribution in [0, 0.1) is 0 Å². The van der Waals surface area contributed by atoms with Crippen LogP contribution in [0.25, 0.3) is 0 Å². The number of carbonyl (C=O) groups excluding carboxylic acids is 3. The number of hydrogen-bond acceptors (Lipinski definition) is 5. The number of ether oxygens (including phenoxy) is 1. The highest BCUT2D eigenvalue weighted by Crippen LogP contribution is 2.16. The minimum absolute atomic E-state index is 0.0708. The Hall–Kier alpha value is -1.67. The number of hydrogen-bond donors (Lipinski definition) is 2. The van der Waals surface area contributed by atoms with Gasteiger partial charge in [0, 0.05) is 19.7 Å². The second-order valence-electron chi connectivity index (χ2n) is 6.34. The van der Waals surface area contributed by atoms with E-state index < -0.39 is 17.5 Å². The van der Waals surface area contributed by atoms with Crippen LogP contribution in [0.2, 0.25) is 0 Å². The fourth-order valence-electron chi connectivity index (χ4n) is 2.84. The smallest absolute Gasteiger partial charge is 0.325 e. The summed E-state index contributed by atoms with van der Waals surface area (Å²) in [5.41, 5.74) is -0.960. The Bertz CT molecular complexity index is 479. The molecule has 2 rings (SSSR count).